The standard InChI is InChI=1S/C15H12FNO/c1-18-10-6-7-13-11-4-2-3-5-12(11)15(9-16)17-14(13)8-10/h2-8H,9H2,1H3. The molecule has 3 aromatic rings. The Hall–Kier alpha value is -2.16. The Morgan fingerprint density at radius 2 is 1.83 bits per heavy atom. The van der Waals surface area contributed by atoms with Crippen LogP contribution in [-0.4, -0.2) is 12.1 Å². The minimum Gasteiger partial charge on any atom is -0.497 e. The molecular weight excluding hydrogens is 229 g/mol. The minimum atomic E-state index is -0.562. The first-order valence-corrected chi connectivity index (χ1v) is 5.75. The smallest absolute Gasteiger partial charge is 0.132 e. The number of halogens is 1. The Kier molecular flexibility index (Phi) is 2.59. The maximum absolute atomic E-state index is 13.1. The Morgan fingerprint density at radius 3 is 2.56 bits per heavy atom. The third kappa shape index (κ3) is 1.59. The number of rotatable bonds is 2. The molecule has 90 valence electrons. The van der Waals surface area contributed by atoms with Crippen molar-refractivity contribution in [3.63, 3.8) is 0 Å². The highest BCUT2D eigenvalue weighted by atomic mass is 19.1. The second-order valence-electron chi connectivity index (χ2n) is 4.12. The quantitative estimate of drug-likeness (QED) is 0.635. The summed E-state index contributed by atoms with van der Waals surface area (Å²) in [4.78, 5) is 4.38. The SMILES string of the molecule is COc1ccc2c(c1)nc(CF)c1ccccc12. The fraction of sp³-hybridized carbons (Fsp3) is 0.133. The first-order valence-electron chi connectivity index (χ1n) is 5.75. The van der Waals surface area contributed by atoms with Crippen LogP contribution < -0.4 is 4.74 Å². The number of hydrogen-bond donors (Lipinski definition) is 0. The fourth-order valence-electron chi connectivity index (χ4n) is 2.24. The number of hydrogen-bond acceptors (Lipinski definition) is 2. The molecule has 0 saturated heterocycles. The zero-order valence-electron chi connectivity index (χ0n) is 9.98. The molecule has 1 heterocycles. The third-order valence-corrected chi connectivity index (χ3v) is 3.12. The van der Waals surface area contributed by atoms with E-state index in [2.05, 4.69) is 4.98 Å². The van der Waals surface area contributed by atoms with E-state index in [1.54, 1.807) is 7.11 Å². The van der Waals surface area contributed by atoms with Crippen LogP contribution in [0.15, 0.2) is 42.5 Å². The average molecular weight is 241 g/mol. The molecule has 0 amide bonds. The van der Waals surface area contributed by atoms with Crippen LogP contribution in [0.1, 0.15) is 5.69 Å². The maximum Gasteiger partial charge on any atom is 0.132 e. The van der Waals surface area contributed by atoms with Crippen LogP contribution in [0.2, 0.25) is 0 Å². The predicted molar refractivity (Wildman–Crippen MR) is 70.6 cm³/mol. The van der Waals surface area contributed by atoms with Crippen molar-refractivity contribution in [1.29, 1.82) is 0 Å². The zero-order chi connectivity index (χ0) is 12.5. The molecule has 18 heavy (non-hydrogen) atoms. The van der Waals surface area contributed by atoms with Crippen molar-refractivity contribution < 1.29 is 9.13 Å². The first kappa shape index (κ1) is 11.0. The molecule has 0 atom stereocenters. The molecule has 0 spiro atoms. The van der Waals surface area contributed by atoms with Crippen molar-refractivity contribution >= 4 is 21.7 Å². The predicted octanol–water partition coefficient (Wildman–Crippen LogP) is 3.87. The van der Waals surface area contributed by atoms with Crippen molar-refractivity contribution in [2.75, 3.05) is 7.11 Å². The van der Waals surface area contributed by atoms with Crippen LogP contribution in [0.5, 0.6) is 5.75 Å². The monoisotopic (exact) mass is 241 g/mol. The lowest BCUT2D eigenvalue weighted by molar-refractivity contribution is 0.415. The van der Waals surface area contributed by atoms with Crippen molar-refractivity contribution in [2.24, 2.45) is 0 Å². The first-order chi connectivity index (χ1) is 8.83. The lowest BCUT2D eigenvalue weighted by Gasteiger charge is -2.08. The summed E-state index contributed by atoms with van der Waals surface area (Å²) in [6, 6.07) is 13.4. The highest BCUT2D eigenvalue weighted by Crippen LogP contribution is 2.29. The number of alkyl halides is 1. The van der Waals surface area contributed by atoms with Crippen LogP contribution in [-0.2, 0) is 6.67 Å². The van der Waals surface area contributed by atoms with Gasteiger partial charge in [-0.2, -0.15) is 0 Å². The Bertz CT molecular complexity index is 724. The van der Waals surface area contributed by atoms with Crippen LogP contribution in [0, 0.1) is 0 Å². The topological polar surface area (TPSA) is 22.1 Å². The Balaban J connectivity index is 2.46. The van der Waals surface area contributed by atoms with E-state index < -0.39 is 6.67 Å². The van der Waals surface area contributed by atoms with Crippen molar-refractivity contribution in [3.05, 3.63) is 48.2 Å². The van der Waals surface area contributed by atoms with Gasteiger partial charge >= 0.3 is 0 Å². The molecule has 0 fully saturated rings. The molecule has 0 aliphatic carbocycles. The summed E-state index contributed by atoms with van der Waals surface area (Å²) < 4.78 is 18.2. The number of nitrogens with zero attached hydrogens (tertiary/aromatic N) is 1. The van der Waals surface area contributed by atoms with Gasteiger partial charge in [0.15, 0.2) is 0 Å². The fourth-order valence-corrected chi connectivity index (χ4v) is 2.24. The van der Waals surface area contributed by atoms with Crippen LogP contribution >= 0.6 is 0 Å². The summed E-state index contributed by atoms with van der Waals surface area (Å²) >= 11 is 0. The number of pyridine rings is 1. The molecule has 1 aromatic heterocycles. The van der Waals surface area contributed by atoms with E-state index in [1.165, 1.54) is 0 Å². The molecule has 0 bridgehead atoms. The van der Waals surface area contributed by atoms with E-state index in [4.69, 9.17) is 4.74 Å². The molecule has 0 radical (unpaired) electrons. The van der Waals surface area contributed by atoms with Gasteiger partial charge in [0.25, 0.3) is 0 Å². The summed E-state index contributed by atoms with van der Waals surface area (Å²) in [7, 11) is 1.61. The number of aromatic nitrogens is 1. The van der Waals surface area contributed by atoms with Gasteiger partial charge in [-0.25, -0.2) is 9.37 Å². The summed E-state index contributed by atoms with van der Waals surface area (Å²) in [6.07, 6.45) is 0. The molecule has 2 aromatic carbocycles. The zero-order valence-corrected chi connectivity index (χ0v) is 9.98. The third-order valence-electron chi connectivity index (χ3n) is 3.12. The molecule has 2 nitrogen and oxygen atoms in total. The Morgan fingerprint density at radius 1 is 1.06 bits per heavy atom. The molecular formula is C15H12FNO. The minimum absolute atomic E-state index is 0.478. The largest absolute Gasteiger partial charge is 0.497 e. The van der Waals surface area contributed by atoms with Gasteiger partial charge in [-0.3, -0.25) is 0 Å². The summed E-state index contributed by atoms with van der Waals surface area (Å²) in [5.41, 5.74) is 1.24. The molecule has 3 rings (SSSR count). The van der Waals surface area contributed by atoms with E-state index >= 15 is 0 Å². The van der Waals surface area contributed by atoms with Gasteiger partial charge in [-0.15, -0.1) is 0 Å². The van der Waals surface area contributed by atoms with Crippen molar-refractivity contribution in [3.8, 4) is 5.75 Å². The lowest BCUT2D eigenvalue weighted by atomic mass is 10.0. The van der Waals surface area contributed by atoms with E-state index in [0.717, 1.165) is 27.4 Å². The second kappa shape index (κ2) is 4.26. The van der Waals surface area contributed by atoms with Gasteiger partial charge in [0.2, 0.25) is 0 Å². The van der Waals surface area contributed by atoms with Gasteiger partial charge in [0.05, 0.1) is 18.3 Å². The summed E-state index contributed by atoms with van der Waals surface area (Å²) in [5, 5.41) is 2.92. The number of ether oxygens (including phenoxy) is 1. The van der Waals surface area contributed by atoms with Gasteiger partial charge in [-0.05, 0) is 17.5 Å². The Labute approximate surface area is 104 Å². The lowest BCUT2D eigenvalue weighted by Crippen LogP contribution is -1.92. The summed E-state index contributed by atoms with van der Waals surface area (Å²) in [5.74, 6) is 0.732. The van der Waals surface area contributed by atoms with Crippen LogP contribution in [0.4, 0.5) is 4.39 Å². The van der Waals surface area contributed by atoms with Crippen molar-refractivity contribution in [2.45, 2.75) is 6.67 Å². The maximum atomic E-state index is 13.1. The van der Waals surface area contributed by atoms with Crippen LogP contribution in [0.25, 0.3) is 21.7 Å². The number of benzene rings is 2. The second-order valence-corrected chi connectivity index (χ2v) is 4.12. The normalized spacial score (nSPS) is 11.0. The van der Waals surface area contributed by atoms with Crippen molar-refractivity contribution in [1.82, 2.24) is 4.98 Å². The van der Waals surface area contributed by atoms with Gasteiger partial charge in [-0.1, -0.05) is 24.3 Å². The van der Waals surface area contributed by atoms with Gasteiger partial charge < -0.3 is 4.74 Å². The highest BCUT2D eigenvalue weighted by molar-refractivity contribution is 6.06. The van der Waals surface area contributed by atoms with Gasteiger partial charge in [0, 0.05) is 16.8 Å². The number of fused-ring (bicyclic) bond motifs is 3. The van der Waals surface area contributed by atoms with E-state index in [0.29, 0.717) is 5.69 Å². The summed E-state index contributed by atoms with van der Waals surface area (Å²) in [6.45, 7) is -0.562. The van der Waals surface area contributed by atoms with E-state index in [9.17, 15) is 4.39 Å². The molecule has 3 heteroatoms. The molecule has 0 aliphatic rings. The average Bonchev–Trinajstić information content (AvgIpc) is 2.45. The van der Waals surface area contributed by atoms with Crippen LogP contribution in [0.3, 0.4) is 0 Å². The van der Waals surface area contributed by atoms with Gasteiger partial charge in [0.1, 0.15) is 12.4 Å². The molecule has 0 aliphatic heterocycles. The highest BCUT2D eigenvalue weighted by Gasteiger charge is 2.08. The van der Waals surface area contributed by atoms with E-state index in [-0.39, 0.29) is 0 Å². The number of methoxy groups -OCH3 is 1. The molecule has 0 saturated carbocycles. The molecule has 0 unspecified atom stereocenters. The van der Waals surface area contributed by atoms with E-state index in [1.807, 2.05) is 42.5 Å². The molecule has 0 N–H and O–H groups in total.